The molecule has 0 aliphatic carbocycles. The fourth-order valence-corrected chi connectivity index (χ4v) is 2.14. The Hall–Kier alpha value is -1.10. The van der Waals surface area contributed by atoms with Crippen LogP contribution in [0.1, 0.15) is 6.92 Å². The van der Waals surface area contributed by atoms with Gasteiger partial charge >= 0.3 is 0 Å². The van der Waals surface area contributed by atoms with Gasteiger partial charge in [-0.1, -0.05) is 15.9 Å². The van der Waals surface area contributed by atoms with Crippen molar-refractivity contribution >= 4 is 27.7 Å². The molecule has 1 amide bonds. The van der Waals surface area contributed by atoms with Crippen LogP contribution in [0.25, 0.3) is 0 Å². The number of hydrogen-bond donors (Lipinski definition) is 0. The third kappa shape index (κ3) is 2.52. The molecule has 2 heterocycles. The standard InChI is InChI=1S/C11H14BrN3O/c1-9(16)14-4-6-15(7-5-14)11-8-10(12)2-3-13-11/h2-3,8H,4-7H2,1H3. The van der Waals surface area contributed by atoms with Crippen molar-refractivity contribution in [2.45, 2.75) is 6.92 Å². The maximum Gasteiger partial charge on any atom is 0.219 e. The molecule has 0 unspecified atom stereocenters. The molecule has 1 aliphatic rings. The minimum absolute atomic E-state index is 0.154. The van der Waals surface area contributed by atoms with E-state index in [1.54, 1.807) is 13.1 Å². The molecule has 1 aromatic heterocycles. The average molecular weight is 284 g/mol. The Labute approximate surface area is 103 Å². The monoisotopic (exact) mass is 283 g/mol. The molecule has 0 radical (unpaired) electrons. The maximum absolute atomic E-state index is 11.2. The number of carbonyl (C=O) groups is 1. The van der Waals surface area contributed by atoms with Crippen LogP contribution in [0.15, 0.2) is 22.8 Å². The first-order chi connectivity index (χ1) is 7.66. The van der Waals surface area contributed by atoms with Crippen LogP contribution in [0.2, 0.25) is 0 Å². The van der Waals surface area contributed by atoms with Gasteiger partial charge in [0.1, 0.15) is 5.82 Å². The van der Waals surface area contributed by atoms with Crippen molar-refractivity contribution in [2.24, 2.45) is 0 Å². The predicted molar refractivity (Wildman–Crippen MR) is 66.4 cm³/mol. The largest absolute Gasteiger partial charge is 0.353 e. The highest BCUT2D eigenvalue weighted by molar-refractivity contribution is 9.10. The molecule has 0 aromatic carbocycles. The van der Waals surface area contributed by atoms with Crippen LogP contribution >= 0.6 is 15.9 Å². The molecule has 0 atom stereocenters. The van der Waals surface area contributed by atoms with Crippen molar-refractivity contribution in [1.82, 2.24) is 9.88 Å². The zero-order valence-electron chi connectivity index (χ0n) is 9.19. The molecule has 0 bridgehead atoms. The molecular weight excluding hydrogens is 270 g/mol. The Kier molecular flexibility index (Phi) is 3.43. The van der Waals surface area contributed by atoms with Gasteiger partial charge in [-0.25, -0.2) is 4.98 Å². The fourth-order valence-electron chi connectivity index (χ4n) is 1.82. The van der Waals surface area contributed by atoms with Crippen molar-refractivity contribution in [2.75, 3.05) is 31.1 Å². The second-order valence-corrected chi connectivity index (χ2v) is 4.74. The fraction of sp³-hybridized carbons (Fsp3) is 0.455. The molecular formula is C11H14BrN3O. The minimum Gasteiger partial charge on any atom is -0.353 e. The van der Waals surface area contributed by atoms with Crippen LogP contribution in [0.5, 0.6) is 0 Å². The quantitative estimate of drug-likeness (QED) is 0.784. The Morgan fingerprint density at radius 3 is 2.62 bits per heavy atom. The highest BCUT2D eigenvalue weighted by Gasteiger charge is 2.19. The number of piperazine rings is 1. The van der Waals surface area contributed by atoms with Crippen LogP contribution in [0.4, 0.5) is 5.82 Å². The van der Waals surface area contributed by atoms with E-state index in [0.717, 1.165) is 36.5 Å². The van der Waals surface area contributed by atoms with Crippen LogP contribution in [-0.2, 0) is 4.79 Å². The van der Waals surface area contributed by atoms with E-state index in [-0.39, 0.29) is 5.91 Å². The number of pyridine rings is 1. The molecule has 5 heteroatoms. The van der Waals surface area contributed by atoms with Crippen LogP contribution < -0.4 is 4.90 Å². The van der Waals surface area contributed by atoms with Crippen molar-refractivity contribution in [3.8, 4) is 0 Å². The summed E-state index contributed by atoms with van der Waals surface area (Å²) >= 11 is 3.43. The zero-order valence-corrected chi connectivity index (χ0v) is 10.8. The van der Waals surface area contributed by atoms with Gasteiger partial charge in [0.25, 0.3) is 0 Å². The van der Waals surface area contributed by atoms with Gasteiger partial charge in [-0.3, -0.25) is 4.79 Å². The maximum atomic E-state index is 11.2. The minimum atomic E-state index is 0.154. The van der Waals surface area contributed by atoms with Crippen LogP contribution in [0.3, 0.4) is 0 Å². The summed E-state index contributed by atoms with van der Waals surface area (Å²) in [6.45, 7) is 4.88. The van der Waals surface area contributed by atoms with Gasteiger partial charge in [-0.05, 0) is 12.1 Å². The zero-order chi connectivity index (χ0) is 11.5. The summed E-state index contributed by atoms with van der Waals surface area (Å²) in [6, 6.07) is 3.92. The topological polar surface area (TPSA) is 36.4 Å². The number of anilines is 1. The SMILES string of the molecule is CC(=O)N1CCN(c2cc(Br)ccn2)CC1. The second kappa shape index (κ2) is 4.82. The molecule has 2 rings (SSSR count). The van der Waals surface area contributed by atoms with E-state index < -0.39 is 0 Å². The molecule has 1 saturated heterocycles. The molecule has 16 heavy (non-hydrogen) atoms. The summed E-state index contributed by atoms with van der Waals surface area (Å²) in [5.74, 6) is 1.12. The molecule has 1 fully saturated rings. The summed E-state index contributed by atoms with van der Waals surface area (Å²) in [6.07, 6.45) is 1.79. The van der Waals surface area contributed by atoms with E-state index in [1.165, 1.54) is 0 Å². The predicted octanol–water partition coefficient (Wildman–Crippen LogP) is 1.51. The molecule has 0 saturated carbocycles. The van der Waals surface area contributed by atoms with Crippen molar-refractivity contribution in [1.29, 1.82) is 0 Å². The number of halogens is 1. The van der Waals surface area contributed by atoms with Crippen molar-refractivity contribution in [3.05, 3.63) is 22.8 Å². The van der Waals surface area contributed by atoms with Crippen molar-refractivity contribution < 1.29 is 4.79 Å². The summed E-state index contributed by atoms with van der Waals surface area (Å²) in [7, 11) is 0. The number of hydrogen-bond acceptors (Lipinski definition) is 3. The van der Waals surface area contributed by atoms with E-state index in [2.05, 4.69) is 25.8 Å². The molecule has 0 spiro atoms. The third-order valence-corrected chi connectivity index (χ3v) is 3.25. The van der Waals surface area contributed by atoms with Gasteiger partial charge in [-0.15, -0.1) is 0 Å². The van der Waals surface area contributed by atoms with E-state index in [1.807, 2.05) is 17.0 Å². The van der Waals surface area contributed by atoms with Gasteiger partial charge in [0.2, 0.25) is 5.91 Å². The Morgan fingerprint density at radius 2 is 2.06 bits per heavy atom. The van der Waals surface area contributed by atoms with Gasteiger partial charge in [0, 0.05) is 43.8 Å². The number of rotatable bonds is 1. The molecule has 1 aliphatic heterocycles. The summed E-state index contributed by atoms with van der Waals surface area (Å²) in [5, 5.41) is 0. The Morgan fingerprint density at radius 1 is 1.38 bits per heavy atom. The number of nitrogens with zero attached hydrogens (tertiary/aromatic N) is 3. The number of aromatic nitrogens is 1. The second-order valence-electron chi connectivity index (χ2n) is 3.83. The van der Waals surface area contributed by atoms with E-state index >= 15 is 0 Å². The first kappa shape index (κ1) is 11.4. The van der Waals surface area contributed by atoms with Gasteiger partial charge in [0.05, 0.1) is 0 Å². The lowest BCUT2D eigenvalue weighted by Crippen LogP contribution is -2.48. The number of amides is 1. The number of carbonyl (C=O) groups excluding carboxylic acids is 1. The molecule has 4 nitrogen and oxygen atoms in total. The van der Waals surface area contributed by atoms with Crippen LogP contribution in [-0.4, -0.2) is 42.0 Å². The first-order valence-corrected chi connectivity index (χ1v) is 6.08. The molecule has 0 N–H and O–H groups in total. The van der Waals surface area contributed by atoms with Crippen LogP contribution in [0, 0.1) is 0 Å². The third-order valence-electron chi connectivity index (χ3n) is 2.76. The Bertz CT molecular complexity index is 389. The van der Waals surface area contributed by atoms with Gasteiger partial charge < -0.3 is 9.80 Å². The normalized spacial score (nSPS) is 16.4. The summed E-state index contributed by atoms with van der Waals surface area (Å²) in [5.41, 5.74) is 0. The summed E-state index contributed by atoms with van der Waals surface area (Å²) in [4.78, 5) is 19.6. The highest BCUT2D eigenvalue weighted by atomic mass is 79.9. The van der Waals surface area contributed by atoms with Gasteiger partial charge in [-0.2, -0.15) is 0 Å². The molecule has 1 aromatic rings. The van der Waals surface area contributed by atoms with E-state index in [9.17, 15) is 4.79 Å². The van der Waals surface area contributed by atoms with Crippen molar-refractivity contribution in [3.63, 3.8) is 0 Å². The summed E-state index contributed by atoms with van der Waals surface area (Å²) < 4.78 is 1.03. The first-order valence-electron chi connectivity index (χ1n) is 5.29. The lowest BCUT2D eigenvalue weighted by atomic mass is 10.3. The smallest absolute Gasteiger partial charge is 0.219 e. The lowest BCUT2D eigenvalue weighted by molar-refractivity contribution is -0.129. The highest BCUT2D eigenvalue weighted by Crippen LogP contribution is 2.18. The lowest BCUT2D eigenvalue weighted by Gasteiger charge is -2.34. The Balaban J connectivity index is 2.01. The molecule has 86 valence electrons. The van der Waals surface area contributed by atoms with E-state index in [0.29, 0.717) is 0 Å². The van der Waals surface area contributed by atoms with E-state index in [4.69, 9.17) is 0 Å². The van der Waals surface area contributed by atoms with Gasteiger partial charge in [0.15, 0.2) is 0 Å². The average Bonchev–Trinajstić information content (AvgIpc) is 2.29.